The van der Waals surface area contributed by atoms with Crippen LogP contribution < -0.4 is 10.7 Å². The summed E-state index contributed by atoms with van der Waals surface area (Å²) in [6.07, 6.45) is 2.88. The first-order valence-electron chi connectivity index (χ1n) is 3.02. The number of carbonyl (C=O) groups is 1. The summed E-state index contributed by atoms with van der Waals surface area (Å²) in [7, 11) is 0. The van der Waals surface area contributed by atoms with Gasteiger partial charge in [0.2, 0.25) is 0 Å². The number of nitrogens with zero attached hydrogens (tertiary/aromatic N) is 2. The Hall–Kier alpha value is -1.22. The topological polar surface area (TPSA) is 42.3 Å². The summed E-state index contributed by atoms with van der Waals surface area (Å²) in [5.74, 6) is -0.269. The van der Waals surface area contributed by atoms with Gasteiger partial charge >= 0.3 is 0 Å². The summed E-state index contributed by atoms with van der Waals surface area (Å²) in [4.78, 5) is 18.2. The van der Waals surface area contributed by atoms with Gasteiger partial charge in [0.1, 0.15) is 0 Å². The molecule has 0 aliphatic carbocycles. The van der Waals surface area contributed by atoms with E-state index >= 15 is 0 Å². The van der Waals surface area contributed by atoms with Crippen LogP contribution in [0.5, 0.6) is 0 Å². The van der Waals surface area contributed by atoms with Gasteiger partial charge in [0.25, 0.3) is 5.91 Å². The van der Waals surface area contributed by atoms with Crippen LogP contribution in [0.15, 0.2) is 17.3 Å². The number of rotatable bonds is 0. The smallest absolute Gasteiger partial charge is 0.267 e. The monoisotopic (exact) mass is 166 g/mol. The third-order valence-electron chi connectivity index (χ3n) is 1.36. The molecule has 0 spiro atoms. The van der Waals surface area contributed by atoms with E-state index in [0.29, 0.717) is 15.7 Å². The van der Waals surface area contributed by atoms with Crippen molar-refractivity contribution >= 4 is 23.6 Å². The molecular weight excluding hydrogens is 164 g/mol. The first kappa shape index (κ1) is 6.49. The number of halogens is 1. The molecule has 0 atom stereocenters. The number of aromatic nitrogens is 1. The number of pyridine rings is 1. The molecule has 1 amide bonds. The standard InChI is InChI=1S/C7H3ClN2O/c8-5-1-4-2-6(11)10-7(4)9-3-5/h1-3H. The van der Waals surface area contributed by atoms with Crippen LogP contribution in [-0.2, 0) is 4.79 Å². The van der Waals surface area contributed by atoms with Gasteiger partial charge in [0, 0.05) is 17.5 Å². The maximum Gasteiger partial charge on any atom is 0.272 e. The fourth-order valence-electron chi connectivity index (χ4n) is 0.917. The molecular formula is C7H3ClN2O. The molecule has 11 heavy (non-hydrogen) atoms. The van der Waals surface area contributed by atoms with E-state index in [0.717, 1.165) is 0 Å². The SMILES string of the molecule is O=C1C=c2cc(Cl)cnc2=N1. The number of hydrogen-bond donors (Lipinski definition) is 0. The third-order valence-corrected chi connectivity index (χ3v) is 1.56. The van der Waals surface area contributed by atoms with E-state index in [1.54, 1.807) is 6.07 Å². The molecule has 1 aromatic rings. The largest absolute Gasteiger partial charge is 0.272 e. The van der Waals surface area contributed by atoms with Gasteiger partial charge in [0.05, 0.1) is 5.02 Å². The van der Waals surface area contributed by atoms with E-state index in [-0.39, 0.29) is 5.91 Å². The van der Waals surface area contributed by atoms with Crippen molar-refractivity contribution in [1.29, 1.82) is 0 Å². The van der Waals surface area contributed by atoms with Crippen molar-refractivity contribution in [3.8, 4) is 0 Å². The van der Waals surface area contributed by atoms with Crippen LogP contribution in [-0.4, -0.2) is 10.9 Å². The number of amides is 1. The molecule has 1 aliphatic rings. The minimum Gasteiger partial charge on any atom is -0.267 e. The first-order valence-corrected chi connectivity index (χ1v) is 3.39. The maximum atomic E-state index is 10.7. The zero-order valence-electron chi connectivity index (χ0n) is 5.41. The zero-order valence-corrected chi connectivity index (χ0v) is 6.17. The lowest BCUT2D eigenvalue weighted by molar-refractivity contribution is -0.112. The molecule has 0 unspecified atom stereocenters. The van der Waals surface area contributed by atoms with Crippen molar-refractivity contribution in [3.05, 3.63) is 28.0 Å². The number of hydrogen-bond acceptors (Lipinski definition) is 2. The van der Waals surface area contributed by atoms with Gasteiger partial charge in [-0.2, -0.15) is 4.99 Å². The molecule has 4 heteroatoms. The van der Waals surface area contributed by atoms with Gasteiger partial charge in [0.15, 0.2) is 5.49 Å². The Labute approximate surface area is 67.0 Å². The van der Waals surface area contributed by atoms with E-state index < -0.39 is 0 Å². The molecule has 0 radical (unpaired) electrons. The lowest BCUT2D eigenvalue weighted by atomic mass is 10.4. The molecule has 0 saturated carbocycles. The molecule has 0 aromatic carbocycles. The van der Waals surface area contributed by atoms with Crippen molar-refractivity contribution in [2.24, 2.45) is 4.99 Å². The van der Waals surface area contributed by atoms with Crippen LogP contribution in [0.1, 0.15) is 0 Å². The molecule has 0 N–H and O–H groups in total. The molecule has 2 heterocycles. The summed E-state index contributed by atoms with van der Waals surface area (Å²) in [6.45, 7) is 0. The first-order chi connectivity index (χ1) is 5.25. The number of fused-ring (bicyclic) bond motifs is 1. The van der Waals surface area contributed by atoms with Gasteiger partial charge in [-0.05, 0) is 6.07 Å². The predicted molar refractivity (Wildman–Crippen MR) is 39.5 cm³/mol. The maximum absolute atomic E-state index is 10.7. The minimum atomic E-state index is -0.269. The Balaban J connectivity index is 2.89. The van der Waals surface area contributed by atoms with Crippen LogP contribution in [0, 0.1) is 0 Å². The van der Waals surface area contributed by atoms with Crippen LogP contribution in [0.2, 0.25) is 5.02 Å². The molecule has 0 saturated heterocycles. The summed E-state index contributed by atoms with van der Waals surface area (Å²) >= 11 is 5.64. The molecule has 1 aliphatic heterocycles. The fourth-order valence-corrected chi connectivity index (χ4v) is 1.08. The van der Waals surface area contributed by atoms with Crippen molar-refractivity contribution in [1.82, 2.24) is 4.98 Å². The average Bonchev–Trinajstić information content (AvgIpc) is 2.27. The lowest BCUT2D eigenvalue weighted by Gasteiger charge is -1.83. The Morgan fingerprint density at radius 1 is 1.45 bits per heavy atom. The van der Waals surface area contributed by atoms with E-state index in [1.165, 1.54) is 12.3 Å². The highest BCUT2D eigenvalue weighted by Gasteiger charge is 2.03. The normalized spacial score (nSPS) is 13.7. The second-order valence-corrected chi connectivity index (χ2v) is 2.60. The molecule has 2 rings (SSSR count). The molecule has 3 nitrogen and oxygen atoms in total. The molecule has 0 fully saturated rings. The number of carbonyl (C=O) groups excluding carboxylic acids is 1. The van der Waals surface area contributed by atoms with Crippen molar-refractivity contribution in [2.45, 2.75) is 0 Å². The highest BCUT2D eigenvalue weighted by atomic mass is 35.5. The highest BCUT2D eigenvalue weighted by Crippen LogP contribution is 1.98. The van der Waals surface area contributed by atoms with Gasteiger partial charge in [-0.3, -0.25) is 4.79 Å². The van der Waals surface area contributed by atoms with Gasteiger partial charge < -0.3 is 0 Å². The van der Waals surface area contributed by atoms with Crippen LogP contribution in [0.3, 0.4) is 0 Å². The minimum absolute atomic E-state index is 0.269. The Bertz CT molecular complexity index is 438. The third kappa shape index (κ3) is 1.03. The Morgan fingerprint density at radius 2 is 2.27 bits per heavy atom. The zero-order chi connectivity index (χ0) is 7.84. The van der Waals surface area contributed by atoms with E-state index in [2.05, 4.69) is 9.98 Å². The average molecular weight is 167 g/mol. The van der Waals surface area contributed by atoms with E-state index in [9.17, 15) is 4.79 Å². The van der Waals surface area contributed by atoms with Crippen molar-refractivity contribution in [3.63, 3.8) is 0 Å². The summed E-state index contributed by atoms with van der Waals surface area (Å²) < 4.78 is 0. The Kier molecular flexibility index (Phi) is 1.26. The predicted octanol–water partition coefficient (Wildman–Crippen LogP) is -0.325. The Morgan fingerprint density at radius 3 is 3.09 bits per heavy atom. The van der Waals surface area contributed by atoms with E-state index in [4.69, 9.17) is 11.6 Å². The highest BCUT2D eigenvalue weighted by molar-refractivity contribution is 6.30. The lowest BCUT2D eigenvalue weighted by Crippen LogP contribution is -2.24. The fraction of sp³-hybridized carbons (Fsp3) is 0. The molecule has 0 bridgehead atoms. The summed E-state index contributed by atoms with van der Waals surface area (Å²) in [5, 5.41) is 1.22. The van der Waals surface area contributed by atoms with Crippen LogP contribution >= 0.6 is 11.6 Å². The summed E-state index contributed by atoms with van der Waals surface area (Å²) in [6, 6.07) is 1.66. The van der Waals surface area contributed by atoms with E-state index in [1.807, 2.05) is 0 Å². The second-order valence-electron chi connectivity index (χ2n) is 2.16. The molecule has 1 aromatic heterocycles. The van der Waals surface area contributed by atoms with Gasteiger partial charge in [-0.15, -0.1) is 0 Å². The quantitative estimate of drug-likeness (QED) is 0.530. The molecule has 54 valence electrons. The van der Waals surface area contributed by atoms with Crippen LogP contribution in [0.25, 0.3) is 6.08 Å². The van der Waals surface area contributed by atoms with Crippen molar-refractivity contribution < 1.29 is 4.79 Å². The van der Waals surface area contributed by atoms with Gasteiger partial charge in [-0.25, -0.2) is 4.98 Å². The second kappa shape index (κ2) is 2.13. The van der Waals surface area contributed by atoms with Crippen LogP contribution in [0.4, 0.5) is 0 Å². The van der Waals surface area contributed by atoms with Gasteiger partial charge in [-0.1, -0.05) is 11.6 Å². The van der Waals surface area contributed by atoms with Crippen molar-refractivity contribution in [2.75, 3.05) is 0 Å². The summed E-state index contributed by atoms with van der Waals surface area (Å²) in [5.41, 5.74) is 0.458.